The summed E-state index contributed by atoms with van der Waals surface area (Å²) < 4.78 is 14.4. The number of aromatic carboxylic acids is 1. The van der Waals surface area contributed by atoms with Crippen LogP contribution < -0.4 is 5.56 Å². The average molecular weight is 251 g/mol. The number of carbonyl (C=O) groups is 1. The second-order valence-electron chi connectivity index (χ2n) is 4.41. The molecule has 1 aromatic heterocycles. The lowest BCUT2D eigenvalue weighted by atomic mass is 10.0. The van der Waals surface area contributed by atoms with Gasteiger partial charge in [-0.2, -0.15) is 0 Å². The standard InChI is InChI=1S/C13H14FNO3/c1-8-2-7-11(13(17)18)12(16)15(8)10-5-3-9(14)4-6-10/h2-3,5,7,9-10H,4,6H2,1H3,(H,17,18). The molecule has 1 aliphatic carbocycles. The molecule has 96 valence electrons. The van der Waals surface area contributed by atoms with Crippen molar-refractivity contribution in [3.63, 3.8) is 0 Å². The molecular weight excluding hydrogens is 237 g/mol. The van der Waals surface area contributed by atoms with Crippen molar-refractivity contribution in [1.29, 1.82) is 0 Å². The minimum Gasteiger partial charge on any atom is -0.477 e. The molecule has 0 fully saturated rings. The van der Waals surface area contributed by atoms with Gasteiger partial charge in [0.15, 0.2) is 0 Å². The van der Waals surface area contributed by atoms with Crippen molar-refractivity contribution >= 4 is 5.97 Å². The smallest absolute Gasteiger partial charge is 0.341 e. The van der Waals surface area contributed by atoms with E-state index in [2.05, 4.69) is 0 Å². The molecule has 0 aromatic carbocycles. The molecule has 1 heterocycles. The van der Waals surface area contributed by atoms with Gasteiger partial charge in [0.2, 0.25) is 0 Å². The largest absolute Gasteiger partial charge is 0.477 e. The number of carboxylic acids is 1. The van der Waals surface area contributed by atoms with Crippen LogP contribution in [0.4, 0.5) is 4.39 Å². The van der Waals surface area contributed by atoms with Crippen LogP contribution in [0.15, 0.2) is 29.1 Å². The first-order chi connectivity index (χ1) is 8.50. The molecule has 18 heavy (non-hydrogen) atoms. The summed E-state index contributed by atoms with van der Waals surface area (Å²) >= 11 is 0. The van der Waals surface area contributed by atoms with Crippen LogP contribution in [0.5, 0.6) is 0 Å². The van der Waals surface area contributed by atoms with Gasteiger partial charge in [0, 0.05) is 5.69 Å². The van der Waals surface area contributed by atoms with Crippen molar-refractivity contribution < 1.29 is 14.3 Å². The molecule has 0 saturated carbocycles. The van der Waals surface area contributed by atoms with Gasteiger partial charge in [-0.3, -0.25) is 4.79 Å². The second kappa shape index (κ2) is 4.76. The van der Waals surface area contributed by atoms with Crippen molar-refractivity contribution in [2.24, 2.45) is 0 Å². The third-order valence-corrected chi connectivity index (χ3v) is 3.16. The van der Waals surface area contributed by atoms with Crippen molar-refractivity contribution in [3.05, 3.63) is 45.9 Å². The Morgan fingerprint density at radius 1 is 1.39 bits per heavy atom. The van der Waals surface area contributed by atoms with Crippen LogP contribution in [0.2, 0.25) is 0 Å². The number of hydrogen-bond acceptors (Lipinski definition) is 2. The molecule has 0 aliphatic heterocycles. The van der Waals surface area contributed by atoms with Crippen molar-refractivity contribution in [2.45, 2.75) is 32.0 Å². The number of aromatic nitrogens is 1. The van der Waals surface area contributed by atoms with E-state index in [0.717, 1.165) is 0 Å². The Bertz CT molecular complexity index is 562. The van der Waals surface area contributed by atoms with E-state index in [0.29, 0.717) is 18.5 Å². The van der Waals surface area contributed by atoms with Crippen LogP contribution in [0.25, 0.3) is 0 Å². The second-order valence-corrected chi connectivity index (χ2v) is 4.41. The summed E-state index contributed by atoms with van der Waals surface area (Å²) in [5, 5.41) is 8.93. The van der Waals surface area contributed by atoms with E-state index in [1.54, 1.807) is 19.1 Å². The fourth-order valence-corrected chi connectivity index (χ4v) is 2.21. The fraction of sp³-hybridized carbons (Fsp3) is 0.385. The maximum atomic E-state index is 13.0. The Morgan fingerprint density at radius 3 is 2.67 bits per heavy atom. The van der Waals surface area contributed by atoms with Crippen molar-refractivity contribution in [2.75, 3.05) is 0 Å². The summed E-state index contributed by atoms with van der Waals surface area (Å²) in [5.41, 5.74) is -0.109. The van der Waals surface area contributed by atoms with E-state index < -0.39 is 17.7 Å². The number of rotatable bonds is 2. The normalized spacial score (nSPS) is 23.0. The molecule has 1 aliphatic rings. The quantitative estimate of drug-likeness (QED) is 0.819. The van der Waals surface area contributed by atoms with Crippen LogP contribution >= 0.6 is 0 Å². The molecular formula is C13H14FNO3. The highest BCUT2D eigenvalue weighted by Gasteiger charge is 2.21. The summed E-state index contributed by atoms with van der Waals surface area (Å²) in [6.07, 6.45) is 2.94. The number of aryl methyl sites for hydroxylation is 1. The number of hydrogen-bond donors (Lipinski definition) is 1. The van der Waals surface area contributed by atoms with Crippen LogP contribution in [0, 0.1) is 6.92 Å². The lowest BCUT2D eigenvalue weighted by Gasteiger charge is -2.23. The van der Waals surface area contributed by atoms with Crippen molar-refractivity contribution in [3.8, 4) is 0 Å². The number of allylic oxidation sites excluding steroid dienone is 2. The predicted molar refractivity (Wildman–Crippen MR) is 64.7 cm³/mol. The molecule has 5 heteroatoms. The van der Waals surface area contributed by atoms with E-state index >= 15 is 0 Å². The minimum atomic E-state index is -1.24. The highest BCUT2D eigenvalue weighted by Crippen LogP contribution is 2.24. The Morgan fingerprint density at radius 2 is 2.11 bits per heavy atom. The highest BCUT2D eigenvalue weighted by molar-refractivity contribution is 5.87. The average Bonchev–Trinajstić information content (AvgIpc) is 2.31. The first-order valence-electron chi connectivity index (χ1n) is 5.78. The summed E-state index contributed by atoms with van der Waals surface area (Å²) in [7, 11) is 0. The maximum Gasteiger partial charge on any atom is 0.341 e. The van der Waals surface area contributed by atoms with E-state index in [1.165, 1.54) is 16.7 Å². The van der Waals surface area contributed by atoms with Gasteiger partial charge in [-0.15, -0.1) is 0 Å². The number of carboxylic acid groups (broad SMARTS) is 1. The van der Waals surface area contributed by atoms with Gasteiger partial charge in [0.1, 0.15) is 11.7 Å². The molecule has 2 atom stereocenters. The first kappa shape index (κ1) is 12.5. The van der Waals surface area contributed by atoms with E-state index in [4.69, 9.17) is 5.11 Å². The summed E-state index contributed by atoms with van der Waals surface area (Å²) in [6.45, 7) is 1.74. The molecule has 1 N–H and O–H groups in total. The van der Waals surface area contributed by atoms with E-state index in [-0.39, 0.29) is 11.6 Å². The molecule has 0 saturated heterocycles. The Kier molecular flexibility index (Phi) is 3.32. The van der Waals surface area contributed by atoms with E-state index in [1.807, 2.05) is 0 Å². The number of alkyl halides is 1. The van der Waals surface area contributed by atoms with Gasteiger partial charge >= 0.3 is 5.97 Å². The SMILES string of the molecule is Cc1ccc(C(=O)O)c(=O)n1C1C=CC(F)CC1. The molecule has 0 amide bonds. The fourth-order valence-electron chi connectivity index (χ4n) is 2.21. The van der Waals surface area contributed by atoms with Gasteiger partial charge in [0.05, 0.1) is 6.04 Å². The summed E-state index contributed by atoms with van der Waals surface area (Å²) in [4.78, 5) is 23.0. The van der Waals surface area contributed by atoms with Gasteiger partial charge < -0.3 is 9.67 Å². The molecule has 2 unspecified atom stereocenters. The zero-order valence-electron chi connectivity index (χ0n) is 9.97. The monoisotopic (exact) mass is 251 g/mol. The van der Waals surface area contributed by atoms with Crippen LogP contribution in [0.3, 0.4) is 0 Å². The summed E-state index contributed by atoms with van der Waals surface area (Å²) in [5.74, 6) is -1.24. The molecule has 1 aromatic rings. The van der Waals surface area contributed by atoms with Gasteiger partial charge in [-0.05, 0) is 31.9 Å². The van der Waals surface area contributed by atoms with Gasteiger partial charge in [-0.1, -0.05) is 12.2 Å². The Labute approximate surface area is 103 Å². The van der Waals surface area contributed by atoms with Gasteiger partial charge in [0.25, 0.3) is 5.56 Å². The minimum absolute atomic E-state index is 0.253. The topological polar surface area (TPSA) is 59.3 Å². The third-order valence-electron chi connectivity index (χ3n) is 3.16. The van der Waals surface area contributed by atoms with E-state index in [9.17, 15) is 14.0 Å². The Balaban J connectivity index is 2.50. The Hall–Kier alpha value is -1.91. The molecule has 0 spiro atoms. The third kappa shape index (κ3) is 2.20. The van der Waals surface area contributed by atoms with Crippen molar-refractivity contribution in [1.82, 2.24) is 4.57 Å². The van der Waals surface area contributed by atoms with Gasteiger partial charge in [-0.25, -0.2) is 9.18 Å². The molecule has 2 rings (SSSR count). The first-order valence-corrected chi connectivity index (χ1v) is 5.78. The number of pyridine rings is 1. The zero-order chi connectivity index (χ0) is 13.3. The van der Waals surface area contributed by atoms with Crippen LogP contribution in [-0.2, 0) is 0 Å². The number of nitrogens with zero attached hydrogens (tertiary/aromatic N) is 1. The highest BCUT2D eigenvalue weighted by atomic mass is 19.1. The van der Waals surface area contributed by atoms with Crippen LogP contribution in [0.1, 0.15) is 34.9 Å². The predicted octanol–water partition coefficient (Wildman–Crippen LogP) is 2.08. The molecule has 0 bridgehead atoms. The molecule has 4 nitrogen and oxygen atoms in total. The maximum absolute atomic E-state index is 13.0. The number of halogens is 1. The lowest BCUT2D eigenvalue weighted by molar-refractivity contribution is 0.0694. The lowest BCUT2D eigenvalue weighted by Crippen LogP contribution is -2.31. The summed E-state index contributed by atoms with van der Waals surface area (Å²) in [6, 6.07) is 2.64. The molecule has 0 radical (unpaired) electrons. The van der Waals surface area contributed by atoms with Crippen LogP contribution in [-0.4, -0.2) is 21.8 Å². The zero-order valence-corrected chi connectivity index (χ0v) is 9.97.